The van der Waals surface area contributed by atoms with E-state index in [0.717, 1.165) is 15.3 Å². The van der Waals surface area contributed by atoms with Crippen LogP contribution in [0.2, 0.25) is 0 Å². The van der Waals surface area contributed by atoms with Crippen molar-refractivity contribution < 1.29 is 9.59 Å². The van der Waals surface area contributed by atoms with Crippen molar-refractivity contribution in [3.8, 4) is 0 Å². The molecule has 0 aromatic carbocycles. The molecule has 0 spiro atoms. The maximum atomic E-state index is 12.0. The van der Waals surface area contributed by atoms with E-state index in [9.17, 15) is 9.59 Å². The number of nitrogens with one attached hydrogen (secondary N) is 1. The minimum Gasteiger partial charge on any atom is -0.309 e. The minimum atomic E-state index is -0.193. The van der Waals surface area contributed by atoms with Crippen molar-refractivity contribution in [3.05, 3.63) is 33.6 Å². The Bertz CT molecular complexity index is 643. The lowest BCUT2D eigenvalue weighted by atomic mass is 10.1. The summed E-state index contributed by atoms with van der Waals surface area (Å²) in [4.78, 5) is 25.9. The Labute approximate surface area is 121 Å². The number of anilines is 1. The van der Waals surface area contributed by atoms with Crippen LogP contribution in [0.5, 0.6) is 0 Å². The second kappa shape index (κ2) is 6.00. The van der Waals surface area contributed by atoms with Gasteiger partial charge in [0.1, 0.15) is 0 Å². The average Bonchev–Trinajstić information content (AvgIpc) is 2.92. The molecule has 0 aliphatic carbocycles. The smallest absolute Gasteiger partial charge is 0.226 e. The Kier molecular flexibility index (Phi) is 4.34. The molecule has 0 saturated carbocycles. The molecule has 2 heterocycles. The van der Waals surface area contributed by atoms with Gasteiger partial charge in [-0.1, -0.05) is 0 Å². The fourth-order valence-corrected chi connectivity index (χ4v) is 2.90. The van der Waals surface area contributed by atoms with Gasteiger partial charge in [-0.2, -0.15) is 5.10 Å². The maximum absolute atomic E-state index is 12.0. The summed E-state index contributed by atoms with van der Waals surface area (Å²) in [6.07, 6.45) is 2.14. The summed E-state index contributed by atoms with van der Waals surface area (Å²) < 4.78 is 1.61. The molecule has 0 radical (unpaired) electrons. The van der Waals surface area contributed by atoms with E-state index in [1.54, 1.807) is 35.3 Å². The van der Waals surface area contributed by atoms with E-state index in [2.05, 4.69) is 10.4 Å². The number of aryl methyl sites for hydroxylation is 3. The van der Waals surface area contributed by atoms with Gasteiger partial charge in [-0.25, -0.2) is 0 Å². The zero-order valence-electron chi connectivity index (χ0n) is 11.8. The normalized spacial score (nSPS) is 10.6. The fraction of sp³-hybridized carbons (Fsp3) is 0.357. The molecule has 106 valence electrons. The highest BCUT2D eigenvalue weighted by Crippen LogP contribution is 2.22. The van der Waals surface area contributed by atoms with Crippen molar-refractivity contribution in [2.24, 2.45) is 7.05 Å². The first kappa shape index (κ1) is 14.5. The number of hydrogen-bond donors (Lipinski definition) is 1. The summed E-state index contributed by atoms with van der Waals surface area (Å²) in [5, 5.41) is 6.72. The highest BCUT2D eigenvalue weighted by Gasteiger charge is 2.14. The van der Waals surface area contributed by atoms with Crippen molar-refractivity contribution in [2.75, 3.05) is 5.32 Å². The maximum Gasteiger partial charge on any atom is 0.226 e. The first-order valence-electron chi connectivity index (χ1n) is 6.35. The Morgan fingerprint density at radius 1 is 1.35 bits per heavy atom. The zero-order chi connectivity index (χ0) is 14.7. The highest BCUT2D eigenvalue weighted by molar-refractivity contribution is 7.12. The van der Waals surface area contributed by atoms with Crippen LogP contribution in [0.15, 0.2) is 18.3 Å². The largest absolute Gasteiger partial charge is 0.309 e. The standard InChI is InChI=1S/C14H17N3O2S/c1-9-8-11(10(2)20-9)12(18)4-5-14(19)15-13-6-7-17(3)16-13/h6-8H,4-5H2,1-3H3,(H,15,16,19). The van der Waals surface area contributed by atoms with Gasteiger partial charge in [0.15, 0.2) is 11.6 Å². The van der Waals surface area contributed by atoms with Crippen LogP contribution in [0.1, 0.15) is 33.0 Å². The predicted octanol–water partition coefficient (Wildman–Crippen LogP) is 2.70. The summed E-state index contributed by atoms with van der Waals surface area (Å²) in [6, 6.07) is 3.60. The molecule has 0 atom stereocenters. The van der Waals surface area contributed by atoms with Gasteiger partial charge in [0.2, 0.25) is 5.91 Å². The number of carbonyl (C=O) groups excluding carboxylic acids is 2. The first-order chi connectivity index (χ1) is 9.45. The third-order valence-electron chi connectivity index (χ3n) is 2.90. The van der Waals surface area contributed by atoms with Crippen molar-refractivity contribution in [1.82, 2.24) is 9.78 Å². The average molecular weight is 291 g/mol. The third kappa shape index (κ3) is 3.54. The number of hydrogen-bond acceptors (Lipinski definition) is 4. The van der Waals surface area contributed by atoms with Crippen LogP contribution in [0.4, 0.5) is 5.82 Å². The molecule has 2 aromatic heterocycles. The van der Waals surface area contributed by atoms with E-state index >= 15 is 0 Å². The number of amides is 1. The molecule has 0 aliphatic rings. The number of nitrogens with zero attached hydrogens (tertiary/aromatic N) is 2. The minimum absolute atomic E-state index is 0.0167. The monoisotopic (exact) mass is 291 g/mol. The summed E-state index contributed by atoms with van der Waals surface area (Å²) in [7, 11) is 1.78. The van der Waals surface area contributed by atoms with Crippen LogP contribution < -0.4 is 5.32 Å². The lowest BCUT2D eigenvalue weighted by Gasteiger charge is -2.02. The Hall–Kier alpha value is -1.95. The Balaban J connectivity index is 1.87. The van der Waals surface area contributed by atoms with Crippen LogP contribution in [0, 0.1) is 13.8 Å². The fourth-order valence-electron chi connectivity index (χ4n) is 1.96. The Morgan fingerprint density at radius 2 is 2.10 bits per heavy atom. The molecule has 1 amide bonds. The predicted molar refractivity (Wildman–Crippen MR) is 79.2 cm³/mol. The number of thiophene rings is 1. The van der Waals surface area contributed by atoms with Crippen LogP contribution in [0.25, 0.3) is 0 Å². The highest BCUT2D eigenvalue weighted by atomic mass is 32.1. The quantitative estimate of drug-likeness (QED) is 0.861. The van der Waals surface area contributed by atoms with Crippen molar-refractivity contribution >= 4 is 28.8 Å². The zero-order valence-corrected chi connectivity index (χ0v) is 12.6. The van der Waals surface area contributed by atoms with E-state index in [1.807, 2.05) is 19.9 Å². The molecule has 0 aliphatic heterocycles. The van der Waals surface area contributed by atoms with Gasteiger partial charge in [0.25, 0.3) is 0 Å². The second-order valence-electron chi connectivity index (χ2n) is 4.67. The van der Waals surface area contributed by atoms with E-state index in [4.69, 9.17) is 0 Å². The van der Waals surface area contributed by atoms with Gasteiger partial charge in [-0.05, 0) is 19.9 Å². The summed E-state index contributed by atoms with van der Waals surface area (Å²) in [6.45, 7) is 3.90. The number of rotatable bonds is 5. The van der Waals surface area contributed by atoms with E-state index < -0.39 is 0 Å². The molecule has 2 aromatic rings. The van der Waals surface area contributed by atoms with Crippen LogP contribution in [0.3, 0.4) is 0 Å². The molecule has 0 saturated heterocycles. The van der Waals surface area contributed by atoms with E-state index in [0.29, 0.717) is 5.82 Å². The van der Waals surface area contributed by atoms with Gasteiger partial charge >= 0.3 is 0 Å². The van der Waals surface area contributed by atoms with E-state index in [-0.39, 0.29) is 24.5 Å². The lowest BCUT2D eigenvalue weighted by molar-refractivity contribution is -0.116. The molecule has 6 heteroatoms. The topological polar surface area (TPSA) is 64.0 Å². The van der Waals surface area contributed by atoms with E-state index in [1.165, 1.54) is 0 Å². The number of Topliss-reactive ketones (excluding diaryl/α,β-unsaturated/α-hetero) is 1. The van der Waals surface area contributed by atoms with Crippen molar-refractivity contribution in [1.29, 1.82) is 0 Å². The van der Waals surface area contributed by atoms with Gasteiger partial charge in [0, 0.05) is 47.5 Å². The van der Waals surface area contributed by atoms with Crippen molar-refractivity contribution in [2.45, 2.75) is 26.7 Å². The van der Waals surface area contributed by atoms with Crippen molar-refractivity contribution in [3.63, 3.8) is 0 Å². The molecular formula is C14H17N3O2S. The molecule has 2 rings (SSSR count). The summed E-state index contributed by atoms with van der Waals surface area (Å²) in [5.41, 5.74) is 0.734. The Morgan fingerprint density at radius 3 is 2.65 bits per heavy atom. The van der Waals surface area contributed by atoms with Crippen LogP contribution in [-0.2, 0) is 11.8 Å². The third-order valence-corrected chi connectivity index (χ3v) is 3.87. The van der Waals surface area contributed by atoms with Gasteiger partial charge in [-0.15, -0.1) is 11.3 Å². The molecular weight excluding hydrogens is 274 g/mol. The molecule has 1 N–H and O–H groups in total. The van der Waals surface area contributed by atoms with Gasteiger partial charge < -0.3 is 5.32 Å². The van der Waals surface area contributed by atoms with Gasteiger partial charge in [0.05, 0.1) is 0 Å². The molecule has 0 fully saturated rings. The molecule has 5 nitrogen and oxygen atoms in total. The SMILES string of the molecule is Cc1cc(C(=O)CCC(=O)Nc2ccn(C)n2)c(C)s1. The van der Waals surface area contributed by atoms with Gasteiger partial charge in [-0.3, -0.25) is 14.3 Å². The second-order valence-corrected chi connectivity index (χ2v) is 6.13. The first-order valence-corrected chi connectivity index (χ1v) is 7.17. The molecule has 20 heavy (non-hydrogen) atoms. The molecule has 0 unspecified atom stereocenters. The molecule has 0 bridgehead atoms. The number of ketones is 1. The number of aromatic nitrogens is 2. The summed E-state index contributed by atoms with van der Waals surface area (Å²) in [5.74, 6) is 0.331. The van der Waals surface area contributed by atoms with Crippen LogP contribution in [-0.4, -0.2) is 21.5 Å². The van der Waals surface area contributed by atoms with Crippen LogP contribution >= 0.6 is 11.3 Å². The number of carbonyl (C=O) groups is 2. The summed E-state index contributed by atoms with van der Waals surface area (Å²) >= 11 is 1.60. The lowest BCUT2D eigenvalue weighted by Crippen LogP contribution is -2.14.